The summed E-state index contributed by atoms with van der Waals surface area (Å²) in [4.78, 5) is 7.36. The average molecular weight is 264 g/mol. The fourth-order valence-corrected chi connectivity index (χ4v) is 1.67. The van der Waals surface area contributed by atoms with Crippen LogP contribution in [0.15, 0.2) is 33.4 Å². The number of nitrogens with two attached hydrogens (primary N) is 1. The molecule has 0 atom stereocenters. The van der Waals surface area contributed by atoms with Gasteiger partial charge >= 0.3 is 0 Å². The van der Waals surface area contributed by atoms with Gasteiger partial charge in [0.05, 0.1) is 12.8 Å². The summed E-state index contributed by atoms with van der Waals surface area (Å²) >= 11 is 3.32. The van der Waals surface area contributed by atoms with Crippen molar-refractivity contribution in [2.45, 2.75) is 0 Å². The van der Waals surface area contributed by atoms with E-state index in [4.69, 9.17) is 16.7 Å². The zero-order chi connectivity index (χ0) is 10.8. The highest BCUT2D eigenvalue weighted by Gasteiger charge is 2.11. The van der Waals surface area contributed by atoms with E-state index >= 15 is 0 Å². The van der Waals surface area contributed by atoms with Crippen LogP contribution in [-0.4, -0.2) is 4.98 Å². The van der Waals surface area contributed by atoms with Gasteiger partial charge in [0.25, 0.3) is 0 Å². The van der Waals surface area contributed by atoms with E-state index in [0.717, 1.165) is 0 Å². The minimum absolute atomic E-state index is 0.208. The Balaban J connectivity index is 2.61. The minimum Gasteiger partial charge on any atom is -0.463 e. The van der Waals surface area contributed by atoms with E-state index in [1.807, 2.05) is 0 Å². The van der Waals surface area contributed by atoms with Gasteiger partial charge in [-0.15, -0.1) is 0 Å². The number of pyridine rings is 1. The van der Waals surface area contributed by atoms with Gasteiger partial charge in [-0.05, 0) is 34.1 Å². The summed E-state index contributed by atoms with van der Waals surface area (Å²) in [7, 11) is 0. The Bertz CT molecular complexity index is 528. The van der Waals surface area contributed by atoms with Gasteiger partial charge < -0.3 is 10.2 Å². The van der Waals surface area contributed by atoms with Crippen molar-refractivity contribution < 1.29 is 4.42 Å². The van der Waals surface area contributed by atoms with Crippen LogP contribution in [0.1, 0.15) is 0 Å². The van der Waals surface area contributed by atoms with Gasteiger partial charge in [-0.3, -0.25) is 0 Å². The molecule has 0 aliphatic rings. The molecule has 2 rings (SSSR count). The summed E-state index contributed by atoms with van der Waals surface area (Å²) in [6.45, 7) is 6.89. The molecular formula is C10H6BrN3O. The zero-order valence-electron chi connectivity index (χ0n) is 7.57. The first-order chi connectivity index (χ1) is 7.22. The van der Waals surface area contributed by atoms with Crippen molar-refractivity contribution in [1.29, 1.82) is 0 Å². The van der Waals surface area contributed by atoms with Crippen LogP contribution in [0.3, 0.4) is 0 Å². The Morgan fingerprint density at radius 3 is 2.93 bits per heavy atom. The van der Waals surface area contributed by atoms with E-state index in [1.165, 1.54) is 0 Å². The molecule has 2 aromatic heterocycles. The number of hydrogen-bond acceptors (Lipinski definition) is 3. The lowest BCUT2D eigenvalue weighted by molar-refractivity contribution is 0.580. The molecule has 0 aliphatic carbocycles. The maximum atomic E-state index is 6.89. The molecule has 0 aliphatic heterocycles. The van der Waals surface area contributed by atoms with Crippen LogP contribution in [0, 0.1) is 6.57 Å². The number of nitrogens with zero attached hydrogens (tertiary/aromatic N) is 2. The lowest BCUT2D eigenvalue weighted by Gasteiger charge is -2.03. The largest absolute Gasteiger partial charge is 0.463 e. The van der Waals surface area contributed by atoms with Crippen molar-refractivity contribution >= 4 is 27.4 Å². The average Bonchev–Trinajstić information content (AvgIpc) is 2.74. The monoisotopic (exact) mass is 263 g/mol. The molecule has 74 valence electrons. The molecule has 4 nitrogen and oxygen atoms in total. The molecule has 0 radical (unpaired) electrons. The lowest BCUT2D eigenvalue weighted by Crippen LogP contribution is -1.93. The van der Waals surface area contributed by atoms with Gasteiger partial charge in [0.1, 0.15) is 11.5 Å². The summed E-state index contributed by atoms with van der Waals surface area (Å²) in [5, 5.41) is 0. The van der Waals surface area contributed by atoms with E-state index in [9.17, 15) is 0 Å². The van der Waals surface area contributed by atoms with E-state index < -0.39 is 0 Å². The third-order valence-electron chi connectivity index (χ3n) is 1.86. The zero-order valence-corrected chi connectivity index (χ0v) is 9.15. The first kappa shape index (κ1) is 9.74. The van der Waals surface area contributed by atoms with Gasteiger partial charge in [0.2, 0.25) is 5.69 Å². The molecular weight excluding hydrogens is 258 g/mol. The maximum absolute atomic E-state index is 6.89. The van der Waals surface area contributed by atoms with Gasteiger partial charge in [-0.2, -0.15) is 0 Å². The van der Waals surface area contributed by atoms with Gasteiger partial charge in [0, 0.05) is 4.47 Å². The summed E-state index contributed by atoms with van der Waals surface area (Å²) in [5.41, 5.74) is 6.55. The van der Waals surface area contributed by atoms with Crippen molar-refractivity contribution in [2.75, 3.05) is 5.73 Å². The number of hydrogen-bond donors (Lipinski definition) is 1. The second-order valence-electron chi connectivity index (χ2n) is 2.81. The highest BCUT2D eigenvalue weighted by Crippen LogP contribution is 2.33. The molecule has 0 unspecified atom stereocenters. The minimum atomic E-state index is 0.208. The first-order valence-corrected chi connectivity index (χ1v) is 4.89. The first-order valence-electron chi connectivity index (χ1n) is 4.09. The molecule has 2 N–H and O–H groups in total. The summed E-state index contributed by atoms with van der Waals surface area (Å²) in [5.74, 6) is 0.824. The Kier molecular flexibility index (Phi) is 2.44. The predicted octanol–water partition coefficient (Wildman–Crippen LogP) is 3.24. The molecule has 0 saturated carbocycles. The Morgan fingerprint density at radius 2 is 2.33 bits per heavy atom. The highest BCUT2D eigenvalue weighted by atomic mass is 79.9. The second-order valence-corrected chi connectivity index (χ2v) is 3.67. The smallest absolute Gasteiger partial charge is 0.229 e. The van der Waals surface area contributed by atoms with Crippen LogP contribution in [-0.2, 0) is 0 Å². The number of anilines is 1. The summed E-state index contributed by atoms with van der Waals surface area (Å²) in [6.07, 6.45) is 1.56. The standard InChI is InChI=1S/C10H6BrN3O/c1-13-7-5-6(11)9(14-10(7)12)8-3-2-4-15-8/h2-5H,(H2,12,14). The van der Waals surface area contributed by atoms with Gasteiger partial charge in [0.15, 0.2) is 5.76 Å². The number of nitrogen functional groups attached to an aromatic ring is 1. The van der Waals surface area contributed by atoms with Crippen LogP contribution in [0.5, 0.6) is 0 Å². The Morgan fingerprint density at radius 1 is 1.53 bits per heavy atom. The molecule has 15 heavy (non-hydrogen) atoms. The van der Waals surface area contributed by atoms with Crippen LogP contribution in [0.4, 0.5) is 11.5 Å². The highest BCUT2D eigenvalue weighted by molar-refractivity contribution is 9.10. The molecule has 0 aromatic carbocycles. The Hall–Kier alpha value is -1.80. The number of rotatable bonds is 1. The van der Waals surface area contributed by atoms with Crippen LogP contribution < -0.4 is 5.73 Å². The fraction of sp³-hybridized carbons (Fsp3) is 0. The van der Waals surface area contributed by atoms with Crippen molar-refractivity contribution in [3.8, 4) is 11.5 Å². The predicted molar refractivity (Wildman–Crippen MR) is 60.3 cm³/mol. The maximum Gasteiger partial charge on any atom is 0.229 e. The Labute approximate surface area is 94.7 Å². The van der Waals surface area contributed by atoms with E-state index in [1.54, 1.807) is 24.5 Å². The van der Waals surface area contributed by atoms with Crippen molar-refractivity contribution in [3.05, 3.63) is 40.4 Å². The topological polar surface area (TPSA) is 56.4 Å². The number of aromatic nitrogens is 1. The molecule has 0 fully saturated rings. The van der Waals surface area contributed by atoms with Gasteiger partial charge in [-0.1, -0.05) is 0 Å². The molecule has 0 saturated heterocycles. The number of furan rings is 1. The van der Waals surface area contributed by atoms with Crippen LogP contribution >= 0.6 is 15.9 Å². The molecule has 5 heteroatoms. The molecule has 2 heterocycles. The normalized spacial score (nSPS) is 9.87. The lowest BCUT2D eigenvalue weighted by atomic mass is 10.2. The number of halogens is 1. The van der Waals surface area contributed by atoms with Crippen molar-refractivity contribution in [2.24, 2.45) is 0 Å². The van der Waals surface area contributed by atoms with Crippen LogP contribution in [0.25, 0.3) is 16.3 Å². The van der Waals surface area contributed by atoms with E-state index in [2.05, 4.69) is 25.8 Å². The quantitative estimate of drug-likeness (QED) is 0.804. The van der Waals surface area contributed by atoms with E-state index in [-0.39, 0.29) is 5.82 Å². The SMILES string of the molecule is [C-]#[N+]c1cc(Br)c(-c2ccco2)nc1N. The van der Waals surface area contributed by atoms with Gasteiger partial charge in [-0.25, -0.2) is 9.83 Å². The fourth-order valence-electron chi connectivity index (χ4n) is 1.17. The third kappa shape index (κ3) is 1.72. The van der Waals surface area contributed by atoms with Crippen molar-refractivity contribution in [1.82, 2.24) is 4.98 Å². The van der Waals surface area contributed by atoms with Crippen LogP contribution in [0.2, 0.25) is 0 Å². The molecule has 2 aromatic rings. The van der Waals surface area contributed by atoms with Crippen molar-refractivity contribution in [3.63, 3.8) is 0 Å². The molecule has 0 spiro atoms. The molecule has 0 amide bonds. The molecule has 0 bridgehead atoms. The summed E-state index contributed by atoms with van der Waals surface area (Å²) in [6, 6.07) is 5.18. The van der Waals surface area contributed by atoms with E-state index in [0.29, 0.717) is 21.6 Å². The second kappa shape index (κ2) is 3.75. The summed E-state index contributed by atoms with van der Waals surface area (Å²) < 4.78 is 5.90. The third-order valence-corrected chi connectivity index (χ3v) is 2.46.